The Morgan fingerprint density at radius 2 is 2.25 bits per heavy atom. The molecule has 0 saturated heterocycles. The predicted octanol–water partition coefficient (Wildman–Crippen LogP) is 2.79. The van der Waals surface area contributed by atoms with E-state index in [4.69, 9.17) is 4.74 Å². The van der Waals surface area contributed by atoms with Crippen LogP contribution in [0.4, 0.5) is 4.39 Å². The van der Waals surface area contributed by atoms with E-state index >= 15 is 0 Å². The fraction of sp³-hybridized carbons (Fsp3) is 0.625. The van der Waals surface area contributed by atoms with Gasteiger partial charge in [-0.25, -0.2) is 4.39 Å². The summed E-state index contributed by atoms with van der Waals surface area (Å²) in [7, 11) is 0. The number of halogens is 1. The average molecular weight is 281 g/mol. The molecular formula is C16H24FNO2. The molecule has 2 atom stereocenters. The molecule has 1 saturated carbocycles. The Bertz CT molecular complexity index is 464. The van der Waals surface area contributed by atoms with Crippen LogP contribution in [0.25, 0.3) is 0 Å². The van der Waals surface area contributed by atoms with Crippen molar-refractivity contribution in [2.75, 3.05) is 6.61 Å². The molecule has 1 aliphatic rings. The lowest BCUT2D eigenvalue weighted by atomic mass is 9.97. The highest BCUT2D eigenvalue weighted by Crippen LogP contribution is 2.33. The molecule has 1 fully saturated rings. The zero-order valence-corrected chi connectivity index (χ0v) is 12.4. The number of hydrogen-bond donors (Lipinski definition) is 2. The maximum Gasteiger partial charge on any atom is 0.129 e. The van der Waals surface area contributed by atoms with E-state index in [2.05, 4.69) is 19.2 Å². The Morgan fingerprint density at radius 1 is 1.50 bits per heavy atom. The fourth-order valence-corrected chi connectivity index (χ4v) is 2.95. The van der Waals surface area contributed by atoms with E-state index in [1.807, 2.05) is 0 Å². The zero-order chi connectivity index (χ0) is 14.8. The third-order valence-electron chi connectivity index (χ3n) is 3.91. The first-order valence-electron chi connectivity index (χ1n) is 7.25. The molecule has 2 N–H and O–H groups in total. The summed E-state index contributed by atoms with van der Waals surface area (Å²) in [5, 5.41) is 13.1. The molecule has 20 heavy (non-hydrogen) atoms. The Labute approximate surface area is 120 Å². The molecule has 1 aliphatic carbocycles. The summed E-state index contributed by atoms with van der Waals surface area (Å²) < 4.78 is 19.4. The lowest BCUT2D eigenvalue weighted by Gasteiger charge is -2.30. The largest absolute Gasteiger partial charge is 0.490 e. The third-order valence-corrected chi connectivity index (χ3v) is 3.91. The minimum atomic E-state index is -0.262. The van der Waals surface area contributed by atoms with Gasteiger partial charge in [0.05, 0.1) is 6.61 Å². The average Bonchev–Trinajstić information content (AvgIpc) is 2.77. The van der Waals surface area contributed by atoms with Crippen molar-refractivity contribution in [2.24, 2.45) is 0 Å². The number of nitrogens with one attached hydrogen (secondary N) is 1. The van der Waals surface area contributed by atoms with Crippen molar-refractivity contribution in [3.05, 3.63) is 29.6 Å². The number of aryl methyl sites for hydroxylation is 1. The second-order valence-corrected chi connectivity index (χ2v) is 6.13. The summed E-state index contributed by atoms with van der Waals surface area (Å²) in [5.74, 6) is 0.325. The fourth-order valence-electron chi connectivity index (χ4n) is 2.95. The molecule has 2 rings (SSSR count). The maximum absolute atomic E-state index is 13.5. The first-order chi connectivity index (χ1) is 9.44. The van der Waals surface area contributed by atoms with Gasteiger partial charge in [-0.1, -0.05) is 19.9 Å². The highest BCUT2D eigenvalue weighted by Gasteiger charge is 2.40. The van der Waals surface area contributed by atoms with Crippen LogP contribution in [0, 0.1) is 12.7 Å². The molecule has 0 bridgehead atoms. The van der Waals surface area contributed by atoms with Crippen LogP contribution in [0.5, 0.6) is 5.75 Å². The van der Waals surface area contributed by atoms with Gasteiger partial charge in [-0.05, 0) is 31.4 Å². The summed E-state index contributed by atoms with van der Waals surface area (Å²) in [5.41, 5.74) is 0.358. The molecule has 1 aromatic rings. The number of rotatable bonds is 5. The summed E-state index contributed by atoms with van der Waals surface area (Å²) >= 11 is 0. The molecule has 0 aliphatic heterocycles. The second kappa shape index (κ2) is 6.10. The molecule has 0 heterocycles. The van der Waals surface area contributed by atoms with Crippen LogP contribution in [-0.4, -0.2) is 29.4 Å². The lowest BCUT2D eigenvalue weighted by Crippen LogP contribution is -2.50. The highest BCUT2D eigenvalue weighted by atomic mass is 19.1. The van der Waals surface area contributed by atoms with Gasteiger partial charge >= 0.3 is 0 Å². The Hall–Kier alpha value is -1.13. The van der Waals surface area contributed by atoms with Crippen molar-refractivity contribution in [1.82, 2.24) is 5.32 Å². The number of benzene rings is 1. The molecule has 0 radical (unpaired) electrons. The van der Waals surface area contributed by atoms with Crippen LogP contribution in [0.2, 0.25) is 0 Å². The van der Waals surface area contributed by atoms with Crippen LogP contribution in [0.1, 0.15) is 38.7 Å². The van der Waals surface area contributed by atoms with Gasteiger partial charge in [-0.15, -0.1) is 0 Å². The van der Waals surface area contributed by atoms with Crippen molar-refractivity contribution in [3.63, 3.8) is 0 Å². The van der Waals surface area contributed by atoms with E-state index in [1.54, 1.807) is 19.1 Å². The van der Waals surface area contributed by atoms with Crippen molar-refractivity contribution in [1.29, 1.82) is 0 Å². The lowest BCUT2D eigenvalue weighted by molar-refractivity contribution is 0.133. The van der Waals surface area contributed by atoms with Gasteiger partial charge in [0.25, 0.3) is 0 Å². The Kier molecular flexibility index (Phi) is 4.66. The van der Waals surface area contributed by atoms with E-state index in [0.29, 0.717) is 17.4 Å². The van der Waals surface area contributed by atoms with Gasteiger partial charge in [0.15, 0.2) is 0 Å². The van der Waals surface area contributed by atoms with E-state index in [0.717, 1.165) is 19.3 Å². The predicted molar refractivity (Wildman–Crippen MR) is 77.5 cm³/mol. The first kappa shape index (κ1) is 15.3. The Morgan fingerprint density at radius 3 is 2.85 bits per heavy atom. The van der Waals surface area contributed by atoms with Crippen molar-refractivity contribution in [3.8, 4) is 5.75 Å². The molecule has 0 amide bonds. The van der Waals surface area contributed by atoms with Gasteiger partial charge < -0.3 is 15.2 Å². The van der Waals surface area contributed by atoms with Gasteiger partial charge in [-0.2, -0.15) is 0 Å². The summed E-state index contributed by atoms with van der Waals surface area (Å²) in [6, 6.07) is 5.28. The summed E-state index contributed by atoms with van der Waals surface area (Å²) in [6.45, 7) is 5.98. The molecule has 112 valence electrons. The van der Waals surface area contributed by atoms with Crippen LogP contribution in [0.3, 0.4) is 0 Å². The minimum absolute atomic E-state index is 0.0236. The molecule has 3 nitrogen and oxygen atoms in total. The molecule has 0 aromatic heterocycles. The number of ether oxygens (including phenoxy) is 1. The molecule has 1 aromatic carbocycles. The number of hydrogen-bond acceptors (Lipinski definition) is 3. The molecule has 0 spiro atoms. The third kappa shape index (κ3) is 3.49. The van der Waals surface area contributed by atoms with Gasteiger partial charge in [-0.3, -0.25) is 0 Å². The van der Waals surface area contributed by atoms with Crippen LogP contribution < -0.4 is 10.1 Å². The Balaban J connectivity index is 2.00. The van der Waals surface area contributed by atoms with Crippen LogP contribution in [0.15, 0.2) is 18.2 Å². The van der Waals surface area contributed by atoms with E-state index in [-0.39, 0.29) is 24.1 Å². The summed E-state index contributed by atoms with van der Waals surface area (Å²) in [6.07, 6.45) is 2.52. The standard InChI is InChI=1S/C16H24FNO2/c1-11(2)18-16(10-19)7-6-14(9-16)20-13-5-4-12(3)15(17)8-13/h4-5,8,11,14,18-19H,6-7,9-10H2,1-3H3. The SMILES string of the molecule is Cc1ccc(OC2CCC(CO)(NC(C)C)C2)cc1F. The van der Waals surface area contributed by atoms with E-state index in [9.17, 15) is 9.50 Å². The quantitative estimate of drug-likeness (QED) is 0.872. The van der Waals surface area contributed by atoms with Gasteiger partial charge in [0.2, 0.25) is 0 Å². The zero-order valence-electron chi connectivity index (χ0n) is 12.4. The van der Waals surface area contributed by atoms with E-state index in [1.165, 1.54) is 6.07 Å². The van der Waals surface area contributed by atoms with Gasteiger partial charge in [0, 0.05) is 24.1 Å². The monoisotopic (exact) mass is 281 g/mol. The number of aliphatic hydroxyl groups is 1. The molecule has 4 heteroatoms. The smallest absolute Gasteiger partial charge is 0.129 e. The summed E-state index contributed by atoms with van der Waals surface area (Å²) in [4.78, 5) is 0. The molecule has 2 unspecified atom stereocenters. The maximum atomic E-state index is 13.5. The van der Waals surface area contributed by atoms with Gasteiger partial charge in [0.1, 0.15) is 17.7 Å². The topological polar surface area (TPSA) is 41.5 Å². The van der Waals surface area contributed by atoms with Crippen LogP contribution in [-0.2, 0) is 0 Å². The number of aliphatic hydroxyl groups excluding tert-OH is 1. The van der Waals surface area contributed by atoms with Crippen molar-refractivity contribution >= 4 is 0 Å². The van der Waals surface area contributed by atoms with Crippen molar-refractivity contribution in [2.45, 2.75) is 57.7 Å². The van der Waals surface area contributed by atoms with E-state index < -0.39 is 0 Å². The minimum Gasteiger partial charge on any atom is -0.490 e. The first-order valence-corrected chi connectivity index (χ1v) is 7.25. The molecular weight excluding hydrogens is 257 g/mol. The van der Waals surface area contributed by atoms with Crippen LogP contribution >= 0.6 is 0 Å². The van der Waals surface area contributed by atoms with Crippen molar-refractivity contribution < 1.29 is 14.2 Å². The normalized spacial score (nSPS) is 26.2. The second-order valence-electron chi connectivity index (χ2n) is 6.13. The highest BCUT2D eigenvalue weighted by molar-refractivity contribution is 5.28.